The molecule has 0 radical (unpaired) electrons. The molecule has 1 aromatic rings. The van der Waals surface area contributed by atoms with E-state index in [1.807, 2.05) is 0 Å². The molecule has 0 bridgehead atoms. The lowest BCUT2D eigenvalue weighted by Crippen LogP contribution is -2.47. The second-order valence-corrected chi connectivity index (χ2v) is 4.31. The van der Waals surface area contributed by atoms with Crippen molar-refractivity contribution in [3.63, 3.8) is 0 Å². The molecule has 0 unspecified atom stereocenters. The Balaban J connectivity index is 2.73. The molecular weight excluding hydrogens is 303 g/mol. The normalized spacial score (nSPS) is 12.3. The number of halogens is 3. The van der Waals surface area contributed by atoms with Crippen molar-refractivity contribution in [2.24, 2.45) is 0 Å². The standard InChI is InChI=1S/C14H14F3NO4/c1-2-7-22-10-5-3-9(4-6-10)8-11(12(19)20)18-13(21)14(15,16)17/h2-6,11H,1,7-8H2,(H,18,21)(H,19,20)/t11-/m0/s1. The summed E-state index contributed by atoms with van der Waals surface area (Å²) in [6.07, 6.45) is -3.87. The van der Waals surface area contributed by atoms with Crippen molar-refractivity contribution in [3.8, 4) is 5.75 Å². The zero-order valence-electron chi connectivity index (χ0n) is 11.4. The summed E-state index contributed by atoms with van der Waals surface area (Å²) in [6.45, 7) is 3.77. The van der Waals surface area contributed by atoms with Crippen molar-refractivity contribution in [1.82, 2.24) is 5.32 Å². The summed E-state index contributed by atoms with van der Waals surface area (Å²) < 4.78 is 41.7. The first-order valence-electron chi connectivity index (χ1n) is 6.17. The highest BCUT2D eigenvalue weighted by molar-refractivity contribution is 5.87. The molecule has 1 rings (SSSR count). The largest absolute Gasteiger partial charge is 0.490 e. The Morgan fingerprint density at radius 1 is 1.32 bits per heavy atom. The van der Waals surface area contributed by atoms with Crippen LogP contribution in [0.3, 0.4) is 0 Å². The Bertz CT molecular complexity index is 540. The highest BCUT2D eigenvalue weighted by atomic mass is 19.4. The molecule has 120 valence electrons. The number of benzene rings is 1. The number of nitrogens with one attached hydrogen (secondary N) is 1. The van der Waals surface area contributed by atoms with Gasteiger partial charge < -0.3 is 15.2 Å². The topological polar surface area (TPSA) is 75.6 Å². The van der Waals surface area contributed by atoms with Crippen LogP contribution in [0.15, 0.2) is 36.9 Å². The van der Waals surface area contributed by atoms with Gasteiger partial charge in [-0.15, -0.1) is 0 Å². The van der Waals surface area contributed by atoms with E-state index in [1.165, 1.54) is 17.4 Å². The minimum absolute atomic E-state index is 0.279. The number of carboxylic acids is 1. The number of ether oxygens (including phenoxy) is 1. The number of carbonyl (C=O) groups excluding carboxylic acids is 1. The van der Waals surface area contributed by atoms with Crippen LogP contribution in [0.4, 0.5) is 13.2 Å². The number of aliphatic carboxylic acids is 1. The number of hydrogen-bond donors (Lipinski definition) is 2. The monoisotopic (exact) mass is 317 g/mol. The van der Waals surface area contributed by atoms with Crippen molar-refractivity contribution >= 4 is 11.9 Å². The van der Waals surface area contributed by atoms with Crippen molar-refractivity contribution in [2.75, 3.05) is 6.61 Å². The van der Waals surface area contributed by atoms with Crippen LogP contribution in [-0.2, 0) is 16.0 Å². The van der Waals surface area contributed by atoms with E-state index in [2.05, 4.69) is 6.58 Å². The predicted molar refractivity (Wildman–Crippen MR) is 71.5 cm³/mol. The zero-order chi connectivity index (χ0) is 16.8. The number of rotatable bonds is 7. The molecule has 8 heteroatoms. The van der Waals surface area contributed by atoms with Gasteiger partial charge in [-0.2, -0.15) is 13.2 Å². The second-order valence-electron chi connectivity index (χ2n) is 4.31. The Kier molecular flexibility index (Phi) is 5.97. The van der Waals surface area contributed by atoms with E-state index in [4.69, 9.17) is 9.84 Å². The van der Waals surface area contributed by atoms with E-state index in [1.54, 1.807) is 18.2 Å². The third kappa shape index (κ3) is 5.47. The Labute approximate surface area is 124 Å². The SMILES string of the molecule is C=CCOc1ccc(C[C@H](NC(=O)C(F)(F)F)C(=O)O)cc1. The van der Waals surface area contributed by atoms with E-state index in [0.29, 0.717) is 17.9 Å². The van der Waals surface area contributed by atoms with Crippen LogP contribution in [0.2, 0.25) is 0 Å². The van der Waals surface area contributed by atoms with Crippen LogP contribution in [-0.4, -0.2) is 35.8 Å². The van der Waals surface area contributed by atoms with Gasteiger partial charge in [0.1, 0.15) is 18.4 Å². The number of carbonyl (C=O) groups is 2. The van der Waals surface area contributed by atoms with Gasteiger partial charge >= 0.3 is 18.1 Å². The van der Waals surface area contributed by atoms with Crippen LogP contribution in [0.1, 0.15) is 5.56 Å². The summed E-state index contributed by atoms with van der Waals surface area (Å²) in [7, 11) is 0. The van der Waals surface area contributed by atoms with Gasteiger partial charge in [0.2, 0.25) is 0 Å². The molecule has 0 saturated carbocycles. The first-order chi connectivity index (χ1) is 10.2. The maximum Gasteiger partial charge on any atom is 0.471 e. The van der Waals surface area contributed by atoms with Gasteiger partial charge in [-0.3, -0.25) is 4.79 Å². The third-order valence-corrected chi connectivity index (χ3v) is 2.59. The molecule has 2 N–H and O–H groups in total. The number of amides is 1. The van der Waals surface area contributed by atoms with Gasteiger partial charge in [0.05, 0.1) is 0 Å². The molecule has 1 aromatic carbocycles. The molecule has 1 atom stereocenters. The minimum Gasteiger partial charge on any atom is -0.490 e. The average molecular weight is 317 g/mol. The molecular formula is C14H14F3NO4. The van der Waals surface area contributed by atoms with Crippen molar-refractivity contribution in [3.05, 3.63) is 42.5 Å². The van der Waals surface area contributed by atoms with Gasteiger partial charge in [-0.1, -0.05) is 24.8 Å². The van der Waals surface area contributed by atoms with Crippen LogP contribution >= 0.6 is 0 Å². The van der Waals surface area contributed by atoms with Gasteiger partial charge in [-0.05, 0) is 17.7 Å². The summed E-state index contributed by atoms with van der Waals surface area (Å²) >= 11 is 0. The highest BCUT2D eigenvalue weighted by Gasteiger charge is 2.40. The van der Waals surface area contributed by atoms with Crippen molar-refractivity contribution in [1.29, 1.82) is 0 Å². The fourth-order valence-corrected chi connectivity index (χ4v) is 1.55. The molecule has 0 spiro atoms. The Hall–Kier alpha value is -2.51. The van der Waals surface area contributed by atoms with Gasteiger partial charge in [0, 0.05) is 6.42 Å². The first kappa shape index (κ1) is 17.5. The van der Waals surface area contributed by atoms with E-state index in [0.717, 1.165) is 0 Å². The molecule has 0 heterocycles. The van der Waals surface area contributed by atoms with E-state index < -0.39 is 24.1 Å². The molecule has 0 saturated heterocycles. The summed E-state index contributed by atoms with van der Waals surface area (Å²) in [5.41, 5.74) is 0.445. The van der Waals surface area contributed by atoms with Gasteiger partial charge in [-0.25, -0.2) is 4.79 Å². The minimum atomic E-state index is -5.13. The van der Waals surface area contributed by atoms with E-state index in [9.17, 15) is 22.8 Å². The van der Waals surface area contributed by atoms with Crippen molar-refractivity contribution < 1.29 is 32.6 Å². The van der Waals surface area contributed by atoms with E-state index in [-0.39, 0.29) is 6.42 Å². The number of alkyl halides is 3. The fraction of sp³-hybridized carbons (Fsp3) is 0.286. The lowest BCUT2D eigenvalue weighted by molar-refractivity contribution is -0.175. The molecule has 0 fully saturated rings. The summed E-state index contributed by atoms with van der Waals surface area (Å²) in [6, 6.07) is 4.43. The molecule has 5 nitrogen and oxygen atoms in total. The highest BCUT2D eigenvalue weighted by Crippen LogP contribution is 2.16. The summed E-state index contributed by atoms with van der Waals surface area (Å²) in [5.74, 6) is -3.33. The van der Waals surface area contributed by atoms with Gasteiger partial charge in [0.15, 0.2) is 0 Å². The summed E-state index contributed by atoms with van der Waals surface area (Å²) in [4.78, 5) is 21.8. The molecule has 1 amide bonds. The van der Waals surface area contributed by atoms with E-state index >= 15 is 0 Å². The lowest BCUT2D eigenvalue weighted by atomic mass is 10.1. The maximum absolute atomic E-state index is 12.2. The molecule has 0 aromatic heterocycles. The number of carboxylic acid groups (broad SMARTS) is 1. The van der Waals surface area contributed by atoms with Crippen molar-refractivity contribution in [2.45, 2.75) is 18.6 Å². The Morgan fingerprint density at radius 2 is 1.91 bits per heavy atom. The summed E-state index contributed by atoms with van der Waals surface area (Å²) in [5, 5.41) is 10.3. The van der Waals surface area contributed by atoms with Crippen LogP contribution < -0.4 is 10.1 Å². The van der Waals surface area contributed by atoms with Gasteiger partial charge in [0.25, 0.3) is 0 Å². The predicted octanol–water partition coefficient (Wildman–Crippen LogP) is 1.93. The Morgan fingerprint density at radius 3 is 2.36 bits per heavy atom. The molecule has 0 aliphatic carbocycles. The molecule has 0 aliphatic rings. The molecule has 0 aliphatic heterocycles. The van der Waals surface area contributed by atoms with Crippen LogP contribution in [0, 0.1) is 0 Å². The quantitative estimate of drug-likeness (QED) is 0.754. The average Bonchev–Trinajstić information content (AvgIpc) is 2.44. The molecule has 22 heavy (non-hydrogen) atoms. The first-order valence-corrected chi connectivity index (χ1v) is 6.17. The second kappa shape index (κ2) is 7.48. The third-order valence-electron chi connectivity index (χ3n) is 2.59. The maximum atomic E-state index is 12.2. The van der Waals surface area contributed by atoms with Crippen LogP contribution in [0.25, 0.3) is 0 Å². The fourth-order valence-electron chi connectivity index (χ4n) is 1.55. The zero-order valence-corrected chi connectivity index (χ0v) is 11.4. The smallest absolute Gasteiger partial charge is 0.471 e. The van der Waals surface area contributed by atoms with Crippen LogP contribution in [0.5, 0.6) is 5.75 Å². The lowest BCUT2D eigenvalue weighted by Gasteiger charge is -2.16. The number of hydrogen-bond acceptors (Lipinski definition) is 3.